The highest BCUT2D eigenvalue weighted by Gasteiger charge is 2.17. The van der Waals surface area contributed by atoms with Crippen LogP contribution in [0.25, 0.3) is 0 Å². The van der Waals surface area contributed by atoms with Crippen LogP contribution >= 0.6 is 11.8 Å². The molecule has 0 spiro atoms. The Kier molecular flexibility index (Phi) is 6.42. The molecule has 0 unspecified atom stereocenters. The molecule has 0 aliphatic rings. The molecular formula is C20H21NO3S. The van der Waals surface area contributed by atoms with Crippen molar-refractivity contribution in [3.05, 3.63) is 65.4 Å². The zero-order valence-electron chi connectivity index (χ0n) is 14.7. The molecule has 0 fully saturated rings. The van der Waals surface area contributed by atoms with Gasteiger partial charge in [-0.25, -0.2) is 4.99 Å². The molecule has 0 aliphatic heterocycles. The standard InChI is InChI=1S/C20H21NO3S/c1-5-16(21-13(2)14-9-7-6-8-10-14)19(22)15-11-17(24-3)20(23)18(12-15)25-4/h5-12,23H,1-4H3/b16-5-,21-13?. The molecule has 1 N–H and O–H groups in total. The van der Waals surface area contributed by atoms with E-state index in [1.807, 2.05) is 43.5 Å². The zero-order valence-corrected chi connectivity index (χ0v) is 15.6. The number of hydrogen-bond acceptors (Lipinski definition) is 5. The van der Waals surface area contributed by atoms with Gasteiger partial charge in [0.25, 0.3) is 0 Å². The Labute approximate surface area is 152 Å². The van der Waals surface area contributed by atoms with E-state index in [0.717, 1.165) is 11.3 Å². The quantitative estimate of drug-likeness (QED) is 0.353. The SMILES string of the molecule is C/C=C(\N=C(C)c1ccccc1)C(=O)c1cc(OC)c(O)c(SC)c1. The van der Waals surface area contributed by atoms with Crippen molar-refractivity contribution in [3.63, 3.8) is 0 Å². The molecule has 2 rings (SSSR count). The molecule has 0 saturated heterocycles. The van der Waals surface area contributed by atoms with Gasteiger partial charge in [-0.3, -0.25) is 4.79 Å². The number of aromatic hydroxyl groups is 1. The Hall–Kier alpha value is -2.53. The molecule has 25 heavy (non-hydrogen) atoms. The lowest BCUT2D eigenvalue weighted by atomic mass is 10.1. The first-order chi connectivity index (χ1) is 12.0. The monoisotopic (exact) mass is 355 g/mol. The van der Waals surface area contributed by atoms with Crippen LogP contribution in [0.3, 0.4) is 0 Å². The minimum absolute atomic E-state index is 0.0394. The summed E-state index contributed by atoms with van der Waals surface area (Å²) < 4.78 is 5.17. The van der Waals surface area contributed by atoms with E-state index in [4.69, 9.17) is 4.74 Å². The molecule has 0 atom stereocenters. The summed E-state index contributed by atoms with van der Waals surface area (Å²) in [6.07, 6.45) is 3.52. The number of aliphatic imine (C=N–C) groups is 1. The summed E-state index contributed by atoms with van der Waals surface area (Å²) in [5.74, 6) is 0.0957. The van der Waals surface area contributed by atoms with Crippen LogP contribution in [0.15, 0.2) is 64.1 Å². The van der Waals surface area contributed by atoms with Gasteiger partial charge in [0, 0.05) is 11.3 Å². The zero-order chi connectivity index (χ0) is 18.4. The van der Waals surface area contributed by atoms with E-state index >= 15 is 0 Å². The van der Waals surface area contributed by atoms with Gasteiger partial charge in [0.1, 0.15) is 5.70 Å². The van der Waals surface area contributed by atoms with Crippen LogP contribution in [-0.4, -0.2) is 30.0 Å². The van der Waals surface area contributed by atoms with Crippen LogP contribution < -0.4 is 4.74 Å². The second-order valence-electron chi connectivity index (χ2n) is 5.30. The number of phenols is 1. The van der Waals surface area contributed by atoms with E-state index in [9.17, 15) is 9.90 Å². The number of ether oxygens (including phenoxy) is 1. The number of Topliss-reactive ketones (excluding diaryl/α,β-unsaturated/α-hetero) is 1. The molecule has 2 aromatic carbocycles. The molecule has 2 aromatic rings. The van der Waals surface area contributed by atoms with Gasteiger partial charge in [-0.2, -0.15) is 0 Å². The first kappa shape index (κ1) is 18.8. The van der Waals surface area contributed by atoms with Crippen molar-refractivity contribution in [1.29, 1.82) is 0 Å². The largest absolute Gasteiger partial charge is 0.503 e. The van der Waals surface area contributed by atoms with E-state index in [2.05, 4.69) is 4.99 Å². The van der Waals surface area contributed by atoms with Crippen LogP contribution in [0.2, 0.25) is 0 Å². The van der Waals surface area contributed by atoms with Gasteiger partial charge in [-0.05, 0) is 37.8 Å². The van der Waals surface area contributed by atoms with Gasteiger partial charge in [-0.15, -0.1) is 11.8 Å². The van der Waals surface area contributed by atoms with Crippen LogP contribution in [-0.2, 0) is 0 Å². The van der Waals surface area contributed by atoms with Crippen LogP contribution in [0, 0.1) is 0 Å². The molecule has 0 radical (unpaired) electrons. The highest BCUT2D eigenvalue weighted by Crippen LogP contribution is 2.37. The number of hydrogen-bond donors (Lipinski definition) is 1. The number of benzene rings is 2. The van der Waals surface area contributed by atoms with Crippen LogP contribution in [0.4, 0.5) is 0 Å². The average molecular weight is 355 g/mol. The number of nitrogens with zero attached hydrogens (tertiary/aromatic N) is 1. The second kappa shape index (κ2) is 8.53. The first-order valence-corrected chi connectivity index (χ1v) is 9.01. The Bertz CT molecular complexity index is 801. The van der Waals surface area contributed by atoms with E-state index in [1.165, 1.54) is 24.9 Å². The summed E-state index contributed by atoms with van der Waals surface area (Å²) in [5, 5.41) is 10.1. The van der Waals surface area contributed by atoms with E-state index < -0.39 is 0 Å². The fourth-order valence-corrected chi connectivity index (χ4v) is 2.88. The predicted molar refractivity (Wildman–Crippen MR) is 103 cm³/mol. The maximum absolute atomic E-state index is 12.9. The smallest absolute Gasteiger partial charge is 0.211 e. The topological polar surface area (TPSA) is 58.9 Å². The normalized spacial score (nSPS) is 12.2. The maximum atomic E-state index is 12.9. The first-order valence-electron chi connectivity index (χ1n) is 7.78. The average Bonchev–Trinajstić information content (AvgIpc) is 2.66. The van der Waals surface area contributed by atoms with Gasteiger partial charge >= 0.3 is 0 Å². The van der Waals surface area contributed by atoms with Crippen molar-refractivity contribution in [2.24, 2.45) is 4.99 Å². The summed E-state index contributed by atoms with van der Waals surface area (Å²) in [4.78, 5) is 17.9. The van der Waals surface area contributed by atoms with Crippen LogP contribution in [0.5, 0.6) is 11.5 Å². The summed E-state index contributed by atoms with van der Waals surface area (Å²) >= 11 is 1.35. The van der Waals surface area contributed by atoms with E-state index in [-0.39, 0.29) is 17.3 Å². The summed E-state index contributed by atoms with van der Waals surface area (Å²) in [6.45, 7) is 3.65. The molecule has 0 amide bonds. The lowest BCUT2D eigenvalue weighted by Crippen LogP contribution is -2.05. The minimum atomic E-state index is -0.216. The van der Waals surface area contributed by atoms with Crippen molar-refractivity contribution in [3.8, 4) is 11.5 Å². The van der Waals surface area contributed by atoms with Crippen molar-refractivity contribution in [1.82, 2.24) is 0 Å². The summed E-state index contributed by atoms with van der Waals surface area (Å²) in [6, 6.07) is 12.9. The molecule has 0 aromatic heterocycles. The van der Waals surface area contributed by atoms with E-state index in [1.54, 1.807) is 19.1 Å². The number of phenolic OH excluding ortho intramolecular Hbond substituents is 1. The number of methoxy groups -OCH3 is 1. The van der Waals surface area contributed by atoms with Crippen LogP contribution in [0.1, 0.15) is 29.8 Å². The summed E-state index contributed by atoms with van der Waals surface area (Å²) in [5.41, 5.74) is 2.50. The lowest BCUT2D eigenvalue weighted by Gasteiger charge is -2.11. The number of thioether (sulfide) groups is 1. The molecule has 5 heteroatoms. The van der Waals surface area contributed by atoms with Crippen molar-refractivity contribution < 1.29 is 14.6 Å². The molecular weight excluding hydrogens is 334 g/mol. The minimum Gasteiger partial charge on any atom is -0.503 e. The predicted octanol–water partition coefficient (Wildman–Crippen LogP) is 4.72. The Morgan fingerprint density at radius 2 is 1.88 bits per heavy atom. The Balaban J connectivity index is 2.41. The molecule has 130 valence electrons. The van der Waals surface area contributed by atoms with Gasteiger partial charge in [-0.1, -0.05) is 36.4 Å². The molecule has 4 nitrogen and oxygen atoms in total. The molecule has 0 aliphatic carbocycles. The second-order valence-corrected chi connectivity index (χ2v) is 6.14. The van der Waals surface area contributed by atoms with Crippen molar-refractivity contribution in [2.75, 3.05) is 13.4 Å². The van der Waals surface area contributed by atoms with Gasteiger partial charge < -0.3 is 9.84 Å². The van der Waals surface area contributed by atoms with Gasteiger partial charge in [0.15, 0.2) is 11.5 Å². The van der Waals surface area contributed by atoms with E-state index in [0.29, 0.717) is 16.2 Å². The molecule has 0 saturated carbocycles. The number of rotatable bonds is 6. The highest BCUT2D eigenvalue weighted by molar-refractivity contribution is 7.98. The fourth-order valence-electron chi connectivity index (χ4n) is 2.34. The summed E-state index contributed by atoms with van der Waals surface area (Å²) in [7, 11) is 1.46. The molecule has 0 bridgehead atoms. The Morgan fingerprint density at radius 1 is 1.20 bits per heavy atom. The molecule has 0 heterocycles. The fraction of sp³-hybridized carbons (Fsp3) is 0.200. The van der Waals surface area contributed by atoms with Gasteiger partial charge in [0.2, 0.25) is 5.78 Å². The number of carbonyl (C=O) groups is 1. The maximum Gasteiger partial charge on any atom is 0.211 e. The van der Waals surface area contributed by atoms with Gasteiger partial charge in [0.05, 0.1) is 12.0 Å². The third-order valence-corrected chi connectivity index (χ3v) is 4.48. The third-order valence-electron chi connectivity index (χ3n) is 3.73. The third kappa shape index (κ3) is 4.31. The highest BCUT2D eigenvalue weighted by atomic mass is 32.2. The lowest BCUT2D eigenvalue weighted by molar-refractivity contribution is 0.103. The van der Waals surface area contributed by atoms with Crippen molar-refractivity contribution >= 4 is 23.3 Å². The number of ketones is 1. The number of carbonyl (C=O) groups excluding carboxylic acids is 1. The number of allylic oxidation sites excluding steroid dienone is 2. The van der Waals surface area contributed by atoms with Crippen molar-refractivity contribution in [2.45, 2.75) is 18.7 Å². The Morgan fingerprint density at radius 3 is 2.44 bits per heavy atom.